The van der Waals surface area contributed by atoms with Gasteiger partial charge in [0, 0.05) is 31.7 Å². The van der Waals surface area contributed by atoms with E-state index in [1.165, 1.54) is 11.0 Å². The van der Waals surface area contributed by atoms with Crippen molar-refractivity contribution in [1.82, 2.24) is 10.2 Å². The molecular weight excluding hydrogens is 281 g/mol. The lowest BCUT2D eigenvalue weighted by Crippen LogP contribution is -2.49. The fraction of sp³-hybridized carbons (Fsp3) is 0.600. The number of hydrogen-bond acceptors (Lipinski definition) is 3. The van der Waals surface area contributed by atoms with E-state index in [9.17, 15) is 13.2 Å². The number of alkyl halides is 3. The van der Waals surface area contributed by atoms with Crippen LogP contribution in [0.2, 0.25) is 0 Å². The Morgan fingerprint density at radius 2 is 1.76 bits per heavy atom. The highest BCUT2D eigenvalue weighted by molar-refractivity contribution is 5.37. The number of benzene rings is 1. The van der Waals surface area contributed by atoms with E-state index in [0.717, 1.165) is 0 Å². The minimum atomic E-state index is -4.33. The second-order valence-electron chi connectivity index (χ2n) is 5.43. The van der Waals surface area contributed by atoms with Crippen molar-refractivity contribution in [2.45, 2.75) is 32.2 Å². The number of piperazine rings is 1. The number of nitrogens with one attached hydrogen (secondary N) is 1. The van der Waals surface area contributed by atoms with Gasteiger partial charge in [-0.05, 0) is 19.9 Å². The van der Waals surface area contributed by atoms with E-state index in [1.807, 2.05) is 13.8 Å². The summed E-state index contributed by atoms with van der Waals surface area (Å²) in [7, 11) is 0. The van der Waals surface area contributed by atoms with Crippen LogP contribution in [0.3, 0.4) is 0 Å². The number of nitrogens with zero attached hydrogens (tertiary/aromatic N) is 1. The Kier molecular flexibility index (Phi) is 5.11. The molecule has 21 heavy (non-hydrogen) atoms. The summed E-state index contributed by atoms with van der Waals surface area (Å²) in [5.41, 5.74) is 0.195. The van der Waals surface area contributed by atoms with E-state index >= 15 is 0 Å². The third kappa shape index (κ3) is 4.11. The van der Waals surface area contributed by atoms with Crippen LogP contribution in [0, 0.1) is 0 Å². The lowest BCUT2D eigenvalue weighted by Gasteiger charge is -2.36. The lowest BCUT2D eigenvalue weighted by molar-refractivity contribution is -0.188. The molecule has 0 spiro atoms. The second kappa shape index (κ2) is 6.66. The Balaban J connectivity index is 2.36. The van der Waals surface area contributed by atoms with Gasteiger partial charge in [-0.15, -0.1) is 0 Å². The predicted octanol–water partition coefficient (Wildman–Crippen LogP) is 2.98. The average Bonchev–Trinajstić information content (AvgIpc) is 2.40. The van der Waals surface area contributed by atoms with E-state index in [-0.39, 0.29) is 11.7 Å². The molecule has 0 saturated carbocycles. The van der Waals surface area contributed by atoms with Crippen LogP contribution in [0.4, 0.5) is 13.2 Å². The topological polar surface area (TPSA) is 24.5 Å². The highest BCUT2D eigenvalue weighted by Gasteiger charge is 2.46. The van der Waals surface area contributed by atoms with Gasteiger partial charge < -0.3 is 10.1 Å². The highest BCUT2D eigenvalue weighted by atomic mass is 19.4. The van der Waals surface area contributed by atoms with Gasteiger partial charge in [-0.2, -0.15) is 13.2 Å². The molecule has 1 fully saturated rings. The molecule has 0 bridgehead atoms. The van der Waals surface area contributed by atoms with Crippen molar-refractivity contribution in [3.8, 4) is 5.75 Å². The maximum Gasteiger partial charge on any atom is 0.408 e. The number of hydrogen-bond donors (Lipinski definition) is 1. The number of rotatable bonds is 4. The molecule has 2 rings (SSSR count). The molecule has 3 nitrogen and oxygen atoms in total. The Labute approximate surface area is 123 Å². The molecule has 0 aromatic heterocycles. The minimum Gasteiger partial charge on any atom is -0.491 e. The number of halogens is 3. The summed E-state index contributed by atoms with van der Waals surface area (Å²) < 4.78 is 46.3. The predicted molar refractivity (Wildman–Crippen MR) is 75.4 cm³/mol. The summed E-state index contributed by atoms with van der Waals surface area (Å²) in [6, 6.07) is 4.83. The molecule has 1 atom stereocenters. The fourth-order valence-corrected chi connectivity index (χ4v) is 2.59. The van der Waals surface area contributed by atoms with E-state index in [2.05, 4.69) is 5.32 Å². The van der Waals surface area contributed by atoms with E-state index in [0.29, 0.717) is 31.9 Å². The second-order valence-corrected chi connectivity index (χ2v) is 5.43. The average molecular weight is 302 g/mol. The fourth-order valence-electron chi connectivity index (χ4n) is 2.59. The Morgan fingerprint density at radius 1 is 1.14 bits per heavy atom. The van der Waals surface area contributed by atoms with Gasteiger partial charge in [0.1, 0.15) is 11.8 Å². The lowest BCUT2D eigenvalue weighted by atomic mass is 10.0. The molecule has 1 aromatic carbocycles. The van der Waals surface area contributed by atoms with Crippen molar-refractivity contribution >= 4 is 0 Å². The zero-order valence-electron chi connectivity index (χ0n) is 12.3. The first-order valence-electron chi connectivity index (χ1n) is 7.16. The summed E-state index contributed by atoms with van der Waals surface area (Å²) in [5.74, 6) is 0.313. The van der Waals surface area contributed by atoms with Crippen molar-refractivity contribution in [2.75, 3.05) is 26.2 Å². The summed E-state index contributed by atoms with van der Waals surface area (Å²) >= 11 is 0. The first kappa shape index (κ1) is 16.1. The first-order valence-corrected chi connectivity index (χ1v) is 7.16. The zero-order valence-corrected chi connectivity index (χ0v) is 12.3. The molecule has 1 saturated heterocycles. The molecule has 1 heterocycles. The Hall–Kier alpha value is -1.27. The number of para-hydroxylation sites is 1. The number of ether oxygens (including phenoxy) is 1. The van der Waals surface area contributed by atoms with E-state index in [1.54, 1.807) is 18.2 Å². The van der Waals surface area contributed by atoms with Gasteiger partial charge >= 0.3 is 6.18 Å². The van der Waals surface area contributed by atoms with Crippen LogP contribution in [0.5, 0.6) is 5.75 Å². The van der Waals surface area contributed by atoms with Crippen molar-refractivity contribution in [1.29, 1.82) is 0 Å². The van der Waals surface area contributed by atoms with Gasteiger partial charge in [0.2, 0.25) is 0 Å². The maximum atomic E-state index is 13.6. The minimum absolute atomic E-state index is 0.164. The molecule has 0 aliphatic carbocycles. The van der Waals surface area contributed by atoms with Crippen LogP contribution in [0.15, 0.2) is 24.3 Å². The van der Waals surface area contributed by atoms with Crippen LogP contribution in [0.25, 0.3) is 0 Å². The van der Waals surface area contributed by atoms with Crippen molar-refractivity contribution < 1.29 is 17.9 Å². The molecule has 6 heteroatoms. The smallest absolute Gasteiger partial charge is 0.408 e. The highest BCUT2D eigenvalue weighted by Crippen LogP contribution is 2.41. The van der Waals surface area contributed by atoms with Gasteiger partial charge in [-0.3, -0.25) is 4.90 Å². The SMILES string of the molecule is CC(C)Oc1ccccc1[C@H](N1CCNCC1)C(F)(F)F. The van der Waals surface area contributed by atoms with E-state index < -0.39 is 12.2 Å². The van der Waals surface area contributed by atoms with Crippen LogP contribution in [-0.4, -0.2) is 43.4 Å². The van der Waals surface area contributed by atoms with Crippen LogP contribution in [0.1, 0.15) is 25.5 Å². The van der Waals surface area contributed by atoms with Gasteiger partial charge in [0.25, 0.3) is 0 Å². The quantitative estimate of drug-likeness (QED) is 0.925. The third-order valence-electron chi connectivity index (χ3n) is 3.40. The molecule has 1 aliphatic rings. The van der Waals surface area contributed by atoms with Crippen LogP contribution >= 0.6 is 0 Å². The third-order valence-corrected chi connectivity index (χ3v) is 3.40. The first-order chi connectivity index (χ1) is 9.89. The molecule has 118 valence electrons. The standard InChI is InChI=1S/C15H21F3N2O/c1-11(2)21-13-6-4-3-5-12(13)14(15(16,17)18)20-9-7-19-8-10-20/h3-6,11,14,19H,7-10H2,1-2H3/t14-/m0/s1. The van der Waals surface area contributed by atoms with Gasteiger partial charge in [0.05, 0.1) is 6.10 Å². The van der Waals surface area contributed by atoms with Gasteiger partial charge in [-0.25, -0.2) is 0 Å². The summed E-state index contributed by atoms with van der Waals surface area (Å²) in [6.07, 6.45) is -4.49. The van der Waals surface area contributed by atoms with Gasteiger partial charge in [0.15, 0.2) is 0 Å². The normalized spacial score (nSPS) is 18.8. The zero-order chi connectivity index (χ0) is 15.5. The van der Waals surface area contributed by atoms with E-state index in [4.69, 9.17) is 4.74 Å². The molecule has 0 unspecified atom stereocenters. The monoisotopic (exact) mass is 302 g/mol. The van der Waals surface area contributed by atoms with Crippen LogP contribution in [-0.2, 0) is 0 Å². The van der Waals surface area contributed by atoms with Gasteiger partial charge in [-0.1, -0.05) is 18.2 Å². The van der Waals surface area contributed by atoms with Crippen molar-refractivity contribution in [3.63, 3.8) is 0 Å². The van der Waals surface area contributed by atoms with Crippen molar-refractivity contribution in [3.05, 3.63) is 29.8 Å². The molecule has 1 aliphatic heterocycles. The van der Waals surface area contributed by atoms with Crippen LogP contribution < -0.4 is 10.1 Å². The maximum absolute atomic E-state index is 13.6. The molecule has 1 N–H and O–H groups in total. The molecule has 0 amide bonds. The molecule has 1 aromatic rings. The Bertz CT molecular complexity index is 456. The summed E-state index contributed by atoms with van der Waals surface area (Å²) in [5, 5.41) is 3.08. The largest absolute Gasteiger partial charge is 0.491 e. The summed E-state index contributed by atoms with van der Waals surface area (Å²) in [4.78, 5) is 1.47. The molecular formula is C15H21F3N2O. The summed E-state index contributed by atoms with van der Waals surface area (Å²) in [6.45, 7) is 5.51. The van der Waals surface area contributed by atoms with Crippen molar-refractivity contribution in [2.24, 2.45) is 0 Å². The Morgan fingerprint density at radius 3 is 2.33 bits per heavy atom. The molecule has 0 radical (unpaired) electrons.